The number of nitrogens with two attached hydrogens (primary N) is 1. The molecule has 1 rings (SSSR count). The lowest BCUT2D eigenvalue weighted by molar-refractivity contribution is -0.122. The van der Waals surface area contributed by atoms with Gasteiger partial charge in [-0.15, -0.1) is 0 Å². The zero-order valence-electron chi connectivity index (χ0n) is 9.88. The quantitative estimate of drug-likeness (QED) is 0.638. The van der Waals surface area contributed by atoms with Crippen LogP contribution in [0.1, 0.15) is 33.1 Å². The van der Waals surface area contributed by atoms with Crippen molar-refractivity contribution in [3.05, 3.63) is 0 Å². The van der Waals surface area contributed by atoms with Crippen LogP contribution in [0.5, 0.6) is 0 Å². The molecule has 0 heterocycles. The van der Waals surface area contributed by atoms with Crippen LogP contribution >= 0.6 is 0 Å². The van der Waals surface area contributed by atoms with Gasteiger partial charge in [-0.2, -0.15) is 0 Å². The predicted octanol–water partition coefficient (Wildman–Crippen LogP) is 0.655. The molecule has 0 aliphatic heterocycles. The Kier molecular flexibility index (Phi) is 4.11. The van der Waals surface area contributed by atoms with E-state index in [0.717, 1.165) is 12.8 Å². The van der Waals surface area contributed by atoms with Crippen LogP contribution in [0.15, 0.2) is 0 Å². The molecule has 0 aromatic heterocycles. The van der Waals surface area contributed by atoms with Crippen LogP contribution < -0.4 is 11.1 Å². The van der Waals surface area contributed by atoms with Crippen molar-refractivity contribution >= 4 is 5.91 Å². The normalized spacial score (nSPS) is 24.7. The molecule has 0 bridgehead atoms. The summed E-state index contributed by atoms with van der Waals surface area (Å²) in [6.07, 6.45) is 2.58. The van der Waals surface area contributed by atoms with Crippen molar-refractivity contribution in [2.75, 3.05) is 13.7 Å². The summed E-state index contributed by atoms with van der Waals surface area (Å²) in [6, 6.07) is -0.0741. The Bertz CT molecular complexity index is 229. The van der Waals surface area contributed by atoms with Crippen LogP contribution in [-0.2, 0) is 9.53 Å². The van der Waals surface area contributed by atoms with Crippen molar-refractivity contribution < 1.29 is 9.53 Å². The highest BCUT2D eigenvalue weighted by Crippen LogP contribution is 2.44. The SMILES string of the molecule is COCCCC(N)C(=O)NC1CC1(C)C. The lowest BCUT2D eigenvalue weighted by atomic mass is 10.1. The molecule has 0 aromatic rings. The first-order valence-electron chi connectivity index (χ1n) is 5.52. The van der Waals surface area contributed by atoms with E-state index in [2.05, 4.69) is 19.2 Å². The van der Waals surface area contributed by atoms with Gasteiger partial charge in [-0.1, -0.05) is 13.8 Å². The monoisotopic (exact) mass is 214 g/mol. The van der Waals surface area contributed by atoms with Gasteiger partial charge >= 0.3 is 0 Å². The smallest absolute Gasteiger partial charge is 0.237 e. The first-order chi connectivity index (χ1) is 6.97. The Morgan fingerprint density at radius 3 is 2.73 bits per heavy atom. The largest absolute Gasteiger partial charge is 0.385 e. The van der Waals surface area contributed by atoms with Gasteiger partial charge < -0.3 is 15.8 Å². The Balaban J connectivity index is 2.16. The summed E-state index contributed by atoms with van der Waals surface area (Å²) in [6.45, 7) is 4.96. The van der Waals surface area contributed by atoms with E-state index in [1.165, 1.54) is 0 Å². The number of hydrogen-bond acceptors (Lipinski definition) is 3. The number of methoxy groups -OCH3 is 1. The van der Waals surface area contributed by atoms with Crippen LogP contribution in [0.4, 0.5) is 0 Å². The van der Waals surface area contributed by atoms with Gasteiger partial charge in [0.25, 0.3) is 0 Å². The van der Waals surface area contributed by atoms with E-state index in [-0.39, 0.29) is 11.3 Å². The van der Waals surface area contributed by atoms with Gasteiger partial charge in [-0.05, 0) is 24.7 Å². The summed E-state index contributed by atoms with van der Waals surface area (Å²) in [5.74, 6) is -0.0262. The molecule has 0 saturated heterocycles. The molecular formula is C11H22N2O2. The minimum Gasteiger partial charge on any atom is -0.385 e. The fraction of sp³-hybridized carbons (Fsp3) is 0.909. The molecule has 1 fully saturated rings. The Hall–Kier alpha value is -0.610. The van der Waals surface area contributed by atoms with Crippen molar-refractivity contribution in [2.24, 2.45) is 11.1 Å². The van der Waals surface area contributed by atoms with E-state index < -0.39 is 6.04 Å². The molecule has 3 N–H and O–H groups in total. The zero-order chi connectivity index (χ0) is 11.5. The van der Waals surface area contributed by atoms with Crippen molar-refractivity contribution in [3.8, 4) is 0 Å². The fourth-order valence-corrected chi connectivity index (χ4v) is 1.57. The third-order valence-electron chi connectivity index (χ3n) is 3.03. The average molecular weight is 214 g/mol. The Labute approximate surface area is 91.5 Å². The molecule has 88 valence electrons. The van der Waals surface area contributed by atoms with Gasteiger partial charge in [0.05, 0.1) is 6.04 Å². The minimum absolute atomic E-state index is 0.0262. The maximum Gasteiger partial charge on any atom is 0.237 e. The van der Waals surface area contributed by atoms with Crippen LogP contribution in [0.2, 0.25) is 0 Å². The summed E-state index contributed by atoms with van der Waals surface area (Å²) in [7, 11) is 1.65. The van der Waals surface area contributed by atoms with Crippen LogP contribution in [0.3, 0.4) is 0 Å². The van der Waals surface area contributed by atoms with Gasteiger partial charge in [-0.25, -0.2) is 0 Å². The van der Waals surface area contributed by atoms with Gasteiger partial charge in [0.15, 0.2) is 0 Å². The van der Waals surface area contributed by atoms with Crippen LogP contribution in [0, 0.1) is 5.41 Å². The molecule has 2 unspecified atom stereocenters. The summed E-state index contributed by atoms with van der Waals surface area (Å²) in [5.41, 5.74) is 6.02. The molecule has 1 saturated carbocycles. The second kappa shape index (κ2) is 4.94. The Morgan fingerprint density at radius 1 is 1.67 bits per heavy atom. The average Bonchev–Trinajstić information content (AvgIpc) is 2.73. The lowest BCUT2D eigenvalue weighted by Crippen LogP contribution is -2.42. The number of nitrogens with one attached hydrogen (secondary N) is 1. The third kappa shape index (κ3) is 3.80. The molecule has 0 spiro atoms. The number of amides is 1. The Morgan fingerprint density at radius 2 is 2.27 bits per heavy atom. The van der Waals surface area contributed by atoms with Crippen molar-refractivity contribution in [1.29, 1.82) is 0 Å². The van der Waals surface area contributed by atoms with Crippen LogP contribution in [0.25, 0.3) is 0 Å². The van der Waals surface area contributed by atoms with E-state index >= 15 is 0 Å². The number of hydrogen-bond donors (Lipinski definition) is 2. The highest BCUT2D eigenvalue weighted by molar-refractivity contribution is 5.82. The van der Waals surface area contributed by atoms with Crippen LogP contribution in [-0.4, -0.2) is 31.7 Å². The molecule has 2 atom stereocenters. The molecule has 1 aliphatic carbocycles. The second-order valence-corrected chi connectivity index (χ2v) is 5.00. The maximum absolute atomic E-state index is 11.6. The highest BCUT2D eigenvalue weighted by atomic mass is 16.5. The lowest BCUT2D eigenvalue weighted by Gasteiger charge is -2.12. The molecule has 1 aliphatic rings. The summed E-state index contributed by atoms with van der Waals surface area (Å²) >= 11 is 0. The topological polar surface area (TPSA) is 64.3 Å². The number of ether oxygens (including phenoxy) is 1. The van der Waals surface area contributed by atoms with Gasteiger partial charge in [0.2, 0.25) is 5.91 Å². The van der Waals surface area contributed by atoms with Crippen molar-refractivity contribution in [3.63, 3.8) is 0 Å². The molecular weight excluding hydrogens is 192 g/mol. The highest BCUT2D eigenvalue weighted by Gasteiger charge is 2.46. The van der Waals surface area contributed by atoms with E-state index in [4.69, 9.17) is 10.5 Å². The number of carbonyl (C=O) groups excluding carboxylic acids is 1. The minimum atomic E-state index is -0.392. The van der Waals surface area contributed by atoms with Gasteiger partial charge in [0.1, 0.15) is 0 Å². The molecule has 0 aromatic carbocycles. The van der Waals surface area contributed by atoms with E-state index in [1.54, 1.807) is 7.11 Å². The fourth-order valence-electron chi connectivity index (χ4n) is 1.57. The molecule has 0 radical (unpaired) electrons. The van der Waals surface area contributed by atoms with E-state index in [9.17, 15) is 4.79 Å². The standard InChI is InChI=1S/C11H22N2O2/c1-11(2)7-9(11)13-10(14)8(12)5-4-6-15-3/h8-9H,4-7,12H2,1-3H3,(H,13,14). The first kappa shape index (κ1) is 12.5. The zero-order valence-corrected chi connectivity index (χ0v) is 9.88. The number of rotatable bonds is 6. The van der Waals surface area contributed by atoms with Gasteiger partial charge in [0, 0.05) is 19.8 Å². The van der Waals surface area contributed by atoms with Crippen molar-refractivity contribution in [2.45, 2.75) is 45.2 Å². The van der Waals surface area contributed by atoms with E-state index in [1.807, 2.05) is 0 Å². The van der Waals surface area contributed by atoms with Gasteiger partial charge in [-0.3, -0.25) is 4.79 Å². The second-order valence-electron chi connectivity index (χ2n) is 5.00. The molecule has 4 nitrogen and oxygen atoms in total. The maximum atomic E-state index is 11.6. The third-order valence-corrected chi connectivity index (χ3v) is 3.03. The van der Waals surface area contributed by atoms with Crippen molar-refractivity contribution in [1.82, 2.24) is 5.32 Å². The summed E-state index contributed by atoms with van der Waals surface area (Å²) in [4.78, 5) is 11.6. The van der Waals surface area contributed by atoms with E-state index in [0.29, 0.717) is 19.1 Å². The molecule has 1 amide bonds. The number of carbonyl (C=O) groups is 1. The first-order valence-corrected chi connectivity index (χ1v) is 5.52. The predicted molar refractivity (Wildman–Crippen MR) is 59.4 cm³/mol. The molecule has 15 heavy (non-hydrogen) atoms. The summed E-state index contributed by atoms with van der Waals surface area (Å²) < 4.78 is 4.91. The summed E-state index contributed by atoms with van der Waals surface area (Å²) in [5, 5.41) is 2.97. The molecule has 4 heteroatoms.